The first-order chi connectivity index (χ1) is 10.2. The Labute approximate surface area is 129 Å². The summed E-state index contributed by atoms with van der Waals surface area (Å²) in [5.41, 5.74) is 2.70. The van der Waals surface area contributed by atoms with Crippen LogP contribution in [0.15, 0.2) is 24.3 Å². The fraction of sp³-hybridized carbons (Fsp3) is 0.667. The van der Waals surface area contributed by atoms with Crippen molar-refractivity contribution in [1.82, 2.24) is 10.2 Å². The molecule has 0 aliphatic heterocycles. The van der Waals surface area contributed by atoms with Crippen LogP contribution in [0.5, 0.6) is 0 Å². The van der Waals surface area contributed by atoms with Crippen molar-refractivity contribution in [2.75, 3.05) is 26.2 Å². The smallest absolute Gasteiger partial charge is 0.0558 e. The minimum Gasteiger partial charge on any atom is -0.395 e. The quantitative estimate of drug-likeness (QED) is 0.695. The number of nitrogens with zero attached hydrogens (tertiary/aromatic N) is 1. The summed E-state index contributed by atoms with van der Waals surface area (Å²) in [4.78, 5) is 2.45. The molecule has 0 aromatic heterocycles. The third-order valence-electron chi connectivity index (χ3n) is 4.28. The first-order valence-corrected chi connectivity index (χ1v) is 8.39. The molecule has 1 aliphatic rings. The van der Waals surface area contributed by atoms with Crippen molar-refractivity contribution in [3.05, 3.63) is 35.4 Å². The summed E-state index contributed by atoms with van der Waals surface area (Å²) in [7, 11) is 0. The number of aliphatic hydroxyl groups is 1. The third kappa shape index (κ3) is 5.42. The molecule has 2 N–H and O–H groups in total. The van der Waals surface area contributed by atoms with Crippen molar-refractivity contribution in [3.63, 3.8) is 0 Å². The fourth-order valence-electron chi connectivity index (χ4n) is 2.84. The number of hydrogen-bond acceptors (Lipinski definition) is 3. The highest BCUT2D eigenvalue weighted by Gasteiger charge is 2.28. The third-order valence-corrected chi connectivity index (χ3v) is 4.28. The van der Waals surface area contributed by atoms with Crippen LogP contribution in [-0.2, 0) is 0 Å². The molecule has 3 heteroatoms. The van der Waals surface area contributed by atoms with Gasteiger partial charge in [0.1, 0.15) is 0 Å². The van der Waals surface area contributed by atoms with Crippen molar-refractivity contribution in [2.45, 2.75) is 51.6 Å². The second-order valence-electron chi connectivity index (χ2n) is 6.20. The second kappa shape index (κ2) is 8.52. The molecular formula is C18H30N2O. The second-order valence-corrected chi connectivity index (χ2v) is 6.20. The van der Waals surface area contributed by atoms with Gasteiger partial charge in [-0.2, -0.15) is 0 Å². The molecule has 1 aliphatic carbocycles. The average Bonchev–Trinajstić information content (AvgIpc) is 3.32. The van der Waals surface area contributed by atoms with Crippen LogP contribution in [-0.4, -0.2) is 42.3 Å². The summed E-state index contributed by atoms with van der Waals surface area (Å²) in [5, 5.41) is 12.9. The van der Waals surface area contributed by atoms with Crippen LogP contribution in [0.2, 0.25) is 0 Å². The summed E-state index contributed by atoms with van der Waals surface area (Å²) in [5.74, 6) is 0. The minimum atomic E-state index is 0.272. The molecule has 0 heterocycles. The van der Waals surface area contributed by atoms with Crippen molar-refractivity contribution < 1.29 is 5.11 Å². The average molecular weight is 290 g/mol. The Balaban J connectivity index is 1.93. The molecule has 0 spiro atoms. The lowest BCUT2D eigenvalue weighted by molar-refractivity contribution is 0.182. The van der Waals surface area contributed by atoms with Gasteiger partial charge in [0.15, 0.2) is 0 Å². The zero-order chi connectivity index (χ0) is 15.1. The van der Waals surface area contributed by atoms with E-state index in [1.165, 1.54) is 24.0 Å². The zero-order valence-corrected chi connectivity index (χ0v) is 13.5. The summed E-state index contributed by atoms with van der Waals surface area (Å²) in [6.45, 7) is 7.56. The van der Waals surface area contributed by atoms with Gasteiger partial charge >= 0.3 is 0 Å². The van der Waals surface area contributed by atoms with Crippen molar-refractivity contribution in [1.29, 1.82) is 0 Å². The Hall–Kier alpha value is -0.900. The molecule has 0 radical (unpaired) electrons. The lowest BCUT2D eigenvalue weighted by Crippen LogP contribution is -2.33. The lowest BCUT2D eigenvalue weighted by atomic mass is 10.0. The number of rotatable bonds is 10. The number of benzene rings is 1. The molecule has 1 unspecified atom stereocenters. The molecule has 1 atom stereocenters. The molecule has 1 fully saturated rings. The van der Waals surface area contributed by atoms with Crippen molar-refractivity contribution in [3.8, 4) is 0 Å². The molecule has 0 amide bonds. The Morgan fingerprint density at radius 2 is 1.95 bits per heavy atom. The van der Waals surface area contributed by atoms with E-state index in [1.54, 1.807) is 0 Å². The minimum absolute atomic E-state index is 0.272. The predicted molar refractivity (Wildman–Crippen MR) is 88.5 cm³/mol. The van der Waals surface area contributed by atoms with Gasteiger partial charge in [0, 0.05) is 25.2 Å². The monoisotopic (exact) mass is 290 g/mol. The summed E-state index contributed by atoms with van der Waals surface area (Å²) < 4.78 is 0. The van der Waals surface area contributed by atoms with Crippen LogP contribution in [0.4, 0.5) is 0 Å². The lowest BCUT2D eigenvalue weighted by Gasteiger charge is -2.25. The molecule has 118 valence electrons. The predicted octanol–water partition coefficient (Wildman–Crippen LogP) is 2.88. The van der Waals surface area contributed by atoms with Gasteiger partial charge in [-0.05, 0) is 44.7 Å². The standard InChI is InChI=1S/C18H30N2O/c1-3-11-19-18(16-6-4-15(2)5-7-16)10-12-20(13-14-21)17-8-9-17/h4-7,17-19,21H,3,8-14H2,1-2H3. The van der Waals surface area contributed by atoms with E-state index < -0.39 is 0 Å². The Morgan fingerprint density at radius 1 is 1.24 bits per heavy atom. The van der Waals surface area contributed by atoms with E-state index in [2.05, 4.69) is 48.3 Å². The van der Waals surface area contributed by atoms with E-state index in [4.69, 9.17) is 0 Å². The molecule has 2 rings (SSSR count). The zero-order valence-electron chi connectivity index (χ0n) is 13.5. The van der Waals surface area contributed by atoms with Gasteiger partial charge in [-0.15, -0.1) is 0 Å². The molecule has 1 aromatic rings. The number of aryl methyl sites for hydroxylation is 1. The maximum absolute atomic E-state index is 9.21. The highest BCUT2D eigenvalue weighted by molar-refractivity contribution is 5.24. The normalized spacial score (nSPS) is 16.4. The van der Waals surface area contributed by atoms with E-state index in [0.717, 1.165) is 38.5 Å². The first kappa shape index (κ1) is 16.5. The SMILES string of the molecule is CCCNC(CCN(CCO)C1CC1)c1ccc(C)cc1. The molecule has 1 aromatic carbocycles. The fourth-order valence-corrected chi connectivity index (χ4v) is 2.84. The maximum Gasteiger partial charge on any atom is 0.0558 e. The molecular weight excluding hydrogens is 260 g/mol. The van der Waals surface area contributed by atoms with Crippen LogP contribution in [0.3, 0.4) is 0 Å². The van der Waals surface area contributed by atoms with Gasteiger partial charge in [0.05, 0.1) is 6.61 Å². The largest absolute Gasteiger partial charge is 0.395 e. The van der Waals surface area contributed by atoms with Crippen LogP contribution < -0.4 is 5.32 Å². The molecule has 21 heavy (non-hydrogen) atoms. The van der Waals surface area contributed by atoms with Crippen LogP contribution in [0.25, 0.3) is 0 Å². The van der Waals surface area contributed by atoms with E-state index in [-0.39, 0.29) is 6.61 Å². The maximum atomic E-state index is 9.21. The molecule has 1 saturated carbocycles. The van der Waals surface area contributed by atoms with E-state index in [9.17, 15) is 5.11 Å². The number of aliphatic hydroxyl groups excluding tert-OH is 1. The highest BCUT2D eigenvalue weighted by atomic mass is 16.3. The van der Waals surface area contributed by atoms with Crippen LogP contribution in [0, 0.1) is 6.92 Å². The van der Waals surface area contributed by atoms with Crippen molar-refractivity contribution >= 4 is 0 Å². The summed E-state index contributed by atoms with van der Waals surface area (Å²) >= 11 is 0. The molecule has 3 nitrogen and oxygen atoms in total. The topological polar surface area (TPSA) is 35.5 Å². The first-order valence-electron chi connectivity index (χ1n) is 8.39. The summed E-state index contributed by atoms with van der Waals surface area (Å²) in [6.07, 6.45) is 4.88. The van der Waals surface area contributed by atoms with Gasteiger partial charge in [-0.3, -0.25) is 4.90 Å². The van der Waals surface area contributed by atoms with E-state index in [1.807, 2.05) is 0 Å². The van der Waals surface area contributed by atoms with Gasteiger partial charge in [-0.25, -0.2) is 0 Å². The van der Waals surface area contributed by atoms with Gasteiger partial charge < -0.3 is 10.4 Å². The van der Waals surface area contributed by atoms with E-state index >= 15 is 0 Å². The van der Waals surface area contributed by atoms with Gasteiger partial charge in [0.2, 0.25) is 0 Å². The summed E-state index contributed by atoms with van der Waals surface area (Å²) in [6, 6.07) is 10.0. The van der Waals surface area contributed by atoms with Gasteiger partial charge in [-0.1, -0.05) is 36.8 Å². The number of nitrogens with one attached hydrogen (secondary N) is 1. The molecule has 0 saturated heterocycles. The Morgan fingerprint density at radius 3 is 2.52 bits per heavy atom. The van der Waals surface area contributed by atoms with Gasteiger partial charge in [0.25, 0.3) is 0 Å². The highest BCUT2D eigenvalue weighted by Crippen LogP contribution is 2.28. The van der Waals surface area contributed by atoms with Crippen LogP contribution >= 0.6 is 0 Å². The Bertz CT molecular complexity index is 400. The van der Waals surface area contributed by atoms with Crippen LogP contribution in [0.1, 0.15) is 49.8 Å². The van der Waals surface area contributed by atoms with Crippen molar-refractivity contribution in [2.24, 2.45) is 0 Å². The Kier molecular flexibility index (Phi) is 6.68. The molecule has 0 bridgehead atoms. The number of hydrogen-bond donors (Lipinski definition) is 2. The van der Waals surface area contributed by atoms with E-state index in [0.29, 0.717) is 6.04 Å².